The molecule has 1 aromatic rings. The Hall–Kier alpha value is -0.850. The van der Waals surface area contributed by atoms with Gasteiger partial charge in [-0.2, -0.15) is 0 Å². The summed E-state index contributed by atoms with van der Waals surface area (Å²) in [5.74, 6) is 1.97. The predicted octanol–water partition coefficient (Wildman–Crippen LogP) is 1.56. The normalized spacial score (nSPS) is 12.6. The summed E-state index contributed by atoms with van der Waals surface area (Å²) >= 11 is 0. The average molecular weight is 302 g/mol. The number of sulfone groups is 1. The van der Waals surface area contributed by atoms with Crippen LogP contribution in [-0.4, -0.2) is 45.0 Å². The van der Waals surface area contributed by atoms with Gasteiger partial charge < -0.3 is 9.73 Å². The number of rotatable bonds is 8. The smallest absolute Gasteiger partial charge is 0.148 e. The first-order valence-electron chi connectivity index (χ1n) is 6.85. The second-order valence-corrected chi connectivity index (χ2v) is 7.96. The van der Waals surface area contributed by atoms with E-state index in [1.807, 2.05) is 24.9 Å². The highest BCUT2D eigenvalue weighted by atomic mass is 32.2. The summed E-state index contributed by atoms with van der Waals surface area (Å²) in [6, 6.07) is 2.48. The van der Waals surface area contributed by atoms with E-state index in [9.17, 15) is 8.42 Å². The molecule has 0 bridgehead atoms. The van der Waals surface area contributed by atoms with E-state index < -0.39 is 9.84 Å². The molecule has 0 atom stereocenters. The molecule has 20 heavy (non-hydrogen) atoms. The first-order valence-corrected chi connectivity index (χ1v) is 8.91. The number of furan rings is 1. The van der Waals surface area contributed by atoms with Crippen LogP contribution in [0.25, 0.3) is 0 Å². The fraction of sp³-hybridized carbons (Fsp3) is 0.714. The SMILES string of the molecule is Cc1oc(CN(C)CCS(C)(=O)=O)cc1CNC(C)C. The summed E-state index contributed by atoms with van der Waals surface area (Å²) in [4.78, 5) is 1.96. The minimum absolute atomic E-state index is 0.172. The van der Waals surface area contributed by atoms with Gasteiger partial charge in [0, 0.05) is 31.0 Å². The molecule has 0 fully saturated rings. The van der Waals surface area contributed by atoms with Crippen LogP contribution in [0.5, 0.6) is 0 Å². The molecule has 1 aromatic heterocycles. The summed E-state index contributed by atoms with van der Waals surface area (Å²) in [5.41, 5.74) is 1.16. The minimum Gasteiger partial charge on any atom is -0.465 e. The lowest BCUT2D eigenvalue weighted by atomic mass is 10.2. The van der Waals surface area contributed by atoms with E-state index in [1.54, 1.807) is 0 Å². The van der Waals surface area contributed by atoms with Crippen molar-refractivity contribution in [3.05, 3.63) is 23.2 Å². The third kappa shape index (κ3) is 6.54. The van der Waals surface area contributed by atoms with Gasteiger partial charge >= 0.3 is 0 Å². The topological polar surface area (TPSA) is 62.6 Å². The van der Waals surface area contributed by atoms with Crippen LogP contribution < -0.4 is 5.32 Å². The molecule has 0 aliphatic rings. The Bertz CT molecular complexity index is 521. The summed E-state index contributed by atoms with van der Waals surface area (Å²) in [6.07, 6.45) is 1.26. The lowest BCUT2D eigenvalue weighted by molar-refractivity contribution is 0.306. The summed E-state index contributed by atoms with van der Waals surface area (Å²) in [6.45, 7) is 8.10. The molecule has 0 saturated carbocycles. The molecule has 0 aromatic carbocycles. The molecule has 0 saturated heterocycles. The third-order valence-electron chi connectivity index (χ3n) is 3.04. The van der Waals surface area contributed by atoms with Crippen molar-refractivity contribution in [2.45, 2.75) is 39.9 Å². The third-order valence-corrected chi connectivity index (χ3v) is 3.97. The second-order valence-electron chi connectivity index (χ2n) is 5.70. The average Bonchev–Trinajstić information content (AvgIpc) is 2.63. The molecular weight excluding hydrogens is 276 g/mol. The van der Waals surface area contributed by atoms with Crippen LogP contribution in [0, 0.1) is 6.92 Å². The van der Waals surface area contributed by atoms with Crippen LogP contribution in [0.15, 0.2) is 10.5 Å². The maximum absolute atomic E-state index is 11.1. The van der Waals surface area contributed by atoms with Crippen LogP contribution in [0.3, 0.4) is 0 Å². The maximum Gasteiger partial charge on any atom is 0.148 e. The van der Waals surface area contributed by atoms with Crippen LogP contribution in [0.2, 0.25) is 0 Å². The first kappa shape index (κ1) is 17.2. The Morgan fingerprint density at radius 2 is 2.05 bits per heavy atom. The van der Waals surface area contributed by atoms with Crippen molar-refractivity contribution in [2.75, 3.05) is 25.6 Å². The molecule has 0 amide bonds. The Balaban J connectivity index is 2.53. The van der Waals surface area contributed by atoms with Gasteiger partial charge in [-0.3, -0.25) is 4.90 Å². The standard InChI is InChI=1S/C14H26N2O3S/c1-11(2)15-9-13-8-14(19-12(13)3)10-16(4)6-7-20(5,17)18/h8,11,15H,6-7,9-10H2,1-5H3. The Morgan fingerprint density at radius 1 is 1.40 bits per heavy atom. The monoisotopic (exact) mass is 302 g/mol. The molecule has 6 heteroatoms. The summed E-state index contributed by atoms with van der Waals surface area (Å²) in [5, 5.41) is 3.36. The van der Waals surface area contributed by atoms with E-state index >= 15 is 0 Å². The Labute approximate surface area is 122 Å². The molecule has 5 nitrogen and oxygen atoms in total. The number of nitrogens with zero attached hydrogens (tertiary/aromatic N) is 1. The van der Waals surface area contributed by atoms with E-state index in [1.165, 1.54) is 6.26 Å². The van der Waals surface area contributed by atoms with Crippen LogP contribution in [-0.2, 0) is 22.9 Å². The van der Waals surface area contributed by atoms with Crippen molar-refractivity contribution in [1.82, 2.24) is 10.2 Å². The lowest BCUT2D eigenvalue weighted by Crippen LogP contribution is -2.24. The van der Waals surface area contributed by atoms with Gasteiger partial charge in [-0.1, -0.05) is 13.8 Å². The number of hydrogen-bond acceptors (Lipinski definition) is 5. The van der Waals surface area contributed by atoms with Gasteiger partial charge in [0.1, 0.15) is 21.4 Å². The van der Waals surface area contributed by atoms with E-state index in [0.29, 0.717) is 19.1 Å². The lowest BCUT2D eigenvalue weighted by Gasteiger charge is -2.13. The van der Waals surface area contributed by atoms with E-state index in [4.69, 9.17) is 4.42 Å². The van der Waals surface area contributed by atoms with Crippen LogP contribution in [0.1, 0.15) is 30.9 Å². The van der Waals surface area contributed by atoms with Gasteiger partial charge in [-0.05, 0) is 20.0 Å². The number of aryl methyl sites for hydroxylation is 1. The van der Waals surface area contributed by atoms with Crippen molar-refractivity contribution < 1.29 is 12.8 Å². The van der Waals surface area contributed by atoms with Crippen molar-refractivity contribution in [3.8, 4) is 0 Å². The van der Waals surface area contributed by atoms with Crippen molar-refractivity contribution in [3.63, 3.8) is 0 Å². The van der Waals surface area contributed by atoms with Crippen LogP contribution >= 0.6 is 0 Å². The van der Waals surface area contributed by atoms with Crippen LogP contribution in [0.4, 0.5) is 0 Å². The largest absolute Gasteiger partial charge is 0.465 e. The predicted molar refractivity (Wildman–Crippen MR) is 81.5 cm³/mol. The van der Waals surface area contributed by atoms with E-state index in [2.05, 4.69) is 19.2 Å². The molecule has 1 heterocycles. The molecule has 0 spiro atoms. The molecule has 0 aliphatic heterocycles. The second kappa shape index (κ2) is 7.24. The zero-order valence-corrected chi connectivity index (χ0v) is 13.9. The number of nitrogens with one attached hydrogen (secondary N) is 1. The molecule has 1 N–H and O–H groups in total. The highest BCUT2D eigenvalue weighted by Gasteiger charge is 2.11. The van der Waals surface area contributed by atoms with Gasteiger partial charge in [0.15, 0.2) is 0 Å². The molecular formula is C14H26N2O3S. The van der Waals surface area contributed by atoms with Crippen molar-refractivity contribution >= 4 is 9.84 Å². The maximum atomic E-state index is 11.1. The first-order chi connectivity index (χ1) is 9.17. The Kier molecular flexibility index (Phi) is 6.23. The Morgan fingerprint density at radius 3 is 2.60 bits per heavy atom. The fourth-order valence-electron chi connectivity index (χ4n) is 1.82. The van der Waals surface area contributed by atoms with Gasteiger partial charge in [0.25, 0.3) is 0 Å². The van der Waals surface area contributed by atoms with Gasteiger partial charge in [-0.15, -0.1) is 0 Å². The summed E-state index contributed by atoms with van der Waals surface area (Å²) in [7, 11) is -1.02. The zero-order valence-electron chi connectivity index (χ0n) is 13.1. The highest BCUT2D eigenvalue weighted by Crippen LogP contribution is 2.16. The van der Waals surface area contributed by atoms with Gasteiger partial charge in [-0.25, -0.2) is 8.42 Å². The molecule has 0 radical (unpaired) electrons. The van der Waals surface area contributed by atoms with E-state index in [0.717, 1.165) is 23.6 Å². The molecule has 1 rings (SSSR count). The van der Waals surface area contributed by atoms with Crippen molar-refractivity contribution in [2.24, 2.45) is 0 Å². The minimum atomic E-state index is -2.91. The summed E-state index contributed by atoms with van der Waals surface area (Å²) < 4.78 is 28.0. The molecule has 0 unspecified atom stereocenters. The van der Waals surface area contributed by atoms with Crippen molar-refractivity contribution in [1.29, 1.82) is 0 Å². The molecule has 0 aliphatic carbocycles. The fourth-order valence-corrected chi connectivity index (χ4v) is 2.47. The van der Waals surface area contributed by atoms with Gasteiger partial charge in [0.2, 0.25) is 0 Å². The zero-order chi connectivity index (χ0) is 15.3. The van der Waals surface area contributed by atoms with Gasteiger partial charge in [0.05, 0.1) is 12.3 Å². The number of hydrogen-bond donors (Lipinski definition) is 1. The quantitative estimate of drug-likeness (QED) is 0.789. The molecule has 116 valence electrons. The van der Waals surface area contributed by atoms with E-state index in [-0.39, 0.29) is 5.75 Å². The highest BCUT2D eigenvalue weighted by molar-refractivity contribution is 7.90.